The van der Waals surface area contributed by atoms with Gasteiger partial charge in [0.1, 0.15) is 6.04 Å². The summed E-state index contributed by atoms with van der Waals surface area (Å²) in [6.07, 6.45) is 1.64. The van der Waals surface area contributed by atoms with Gasteiger partial charge in [0.2, 0.25) is 11.8 Å². The van der Waals surface area contributed by atoms with Gasteiger partial charge in [-0.3, -0.25) is 9.59 Å². The van der Waals surface area contributed by atoms with E-state index in [2.05, 4.69) is 10.6 Å². The lowest BCUT2D eigenvalue weighted by molar-refractivity contribution is -0.141. The molecule has 2 N–H and O–H groups in total. The van der Waals surface area contributed by atoms with Crippen molar-refractivity contribution in [1.29, 1.82) is 0 Å². The predicted octanol–water partition coefficient (Wildman–Crippen LogP) is -0.260. The number of rotatable bonds is 4. The summed E-state index contributed by atoms with van der Waals surface area (Å²) in [4.78, 5) is 26.5. The second-order valence-corrected chi connectivity index (χ2v) is 5.69. The van der Waals surface area contributed by atoms with E-state index in [9.17, 15) is 9.59 Å². The van der Waals surface area contributed by atoms with Crippen molar-refractivity contribution < 1.29 is 14.3 Å². The molecule has 0 radical (unpaired) electrons. The van der Waals surface area contributed by atoms with Crippen molar-refractivity contribution in [2.24, 2.45) is 5.41 Å². The minimum absolute atomic E-state index is 0.000825. The first-order valence-electron chi connectivity index (χ1n) is 7.47. The lowest BCUT2D eigenvalue weighted by atomic mass is 9.83. The second kappa shape index (κ2) is 6.54. The summed E-state index contributed by atoms with van der Waals surface area (Å²) in [5, 5.41) is 6.14. The van der Waals surface area contributed by atoms with E-state index in [-0.39, 0.29) is 17.2 Å². The number of amides is 2. The molecule has 2 unspecified atom stereocenters. The molecule has 0 aromatic heterocycles. The largest absolute Gasteiger partial charge is 0.378 e. The maximum atomic E-state index is 12.4. The predicted molar refractivity (Wildman–Crippen MR) is 75.2 cm³/mol. The Morgan fingerprint density at radius 1 is 1.40 bits per heavy atom. The van der Waals surface area contributed by atoms with Gasteiger partial charge in [-0.2, -0.15) is 0 Å². The van der Waals surface area contributed by atoms with Gasteiger partial charge in [-0.25, -0.2) is 0 Å². The van der Waals surface area contributed by atoms with Crippen molar-refractivity contribution >= 4 is 11.8 Å². The van der Waals surface area contributed by atoms with Crippen LogP contribution < -0.4 is 10.6 Å². The van der Waals surface area contributed by atoms with Gasteiger partial charge in [0.05, 0.1) is 18.6 Å². The van der Waals surface area contributed by atoms with Crippen LogP contribution in [0.4, 0.5) is 0 Å². The lowest BCUT2D eigenvalue weighted by Gasteiger charge is -2.31. The van der Waals surface area contributed by atoms with Gasteiger partial charge in [-0.1, -0.05) is 6.92 Å². The Kier molecular flexibility index (Phi) is 4.99. The summed E-state index contributed by atoms with van der Waals surface area (Å²) in [7, 11) is 0. The molecular weight excluding hydrogens is 258 g/mol. The normalized spacial score (nSPS) is 28.2. The standard InChI is InChI=1S/C14H25N3O3/c1-3-14(4-5-15-10-14)13(19)16-11(2)12(18)17-6-8-20-9-7-17/h11,15H,3-10H2,1-2H3,(H,16,19). The number of hydrogen-bond donors (Lipinski definition) is 2. The van der Waals surface area contributed by atoms with Crippen LogP contribution >= 0.6 is 0 Å². The summed E-state index contributed by atoms with van der Waals surface area (Å²) in [6.45, 7) is 7.74. The van der Waals surface area contributed by atoms with Crippen LogP contribution in [-0.4, -0.2) is 62.1 Å². The van der Waals surface area contributed by atoms with Gasteiger partial charge in [0.25, 0.3) is 0 Å². The Morgan fingerprint density at radius 2 is 2.10 bits per heavy atom. The van der Waals surface area contributed by atoms with Crippen LogP contribution in [0.15, 0.2) is 0 Å². The van der Waals surface area contributed by atoms with E-state index in [4.69, 9.17) is 4.74 Å². The highest BCUT2D eigenvalue weighted by molar-refractivity contribution is 5.90. The van der Waals surface area contributed by atoms with Gasteiger partial charge in [-0.15, -0.1) is 0 Å². The van der Waals surface area contributed by atoms with E-state index in [1.807, 2.05) is 6.92 Å². The number of nitrogens with zero attached hydrogens (tertiary/aromatic N) is 1. The summed E-state index contributed by atoms with van der Waals surface area (Å²) in [5.41, 5.74) is -0.348. The Morgan fingerprint density at radius 3 is 2.65 bits per heavy atom. The van der Waals surface area contributed by atoms with Gasteiger partial charge < -0.3 is 20.3 Å². The maximum Gasteiger partial charge on any atom is 0.245 e. The number of carbonyl (C=O) groups excluding carboxylic acids is 2. The Balaban J connectivity index is 1.91. The third kappa shape index (κ3) is 3.12. The second-order valence-electron chi connectivity index (χ2n) is 5.69. The van der Waals surface area contributed by atoms with Crippen molar-refractivity contribution in [3.63, 3.8) is 0 Å². The summed E-state index contributed by atoms with van der Waals surface area (Å²) < 4.78 is 5.24. The van der Waals surface area contributed by atoms with Crippen molar-refractivity contribution in [2.45, 2.75) is 32.7 Å². The van der Waals surface area contributed by atoms with E-state index in [0.717, 1.165) is 19.4 Å². The van der Waals surface area contributed by atoms with Crippen LogP contribution in [0.25, 0.3) is 0 Å². The van der Waals surface area contributed by atoms with E-state index < -0.39 is 6.04 Å². The number of ether oxygens (including phenoxy) is 1. The molecule has 0 saturated carbocycles. The number of carbonyl (C=O) groups is 2. The average molecular weight is 283 g/mol. The molecule has 2 rings (SSSR count). The van der Waals surface area contributed by atoms with Gasteiger partial charge >= 0.3 is 0 Å². The molecule has 2 saturated heterocycles. The highest BCUT2D eigenvalue weighted by Gasteiger charge is 2.40. The molecule has 2 atom stereocenters. The minimum Gasteiger partial charge on any atom is -0.378 e. The van der Waals surface area contributed by atoms with E-state index in [1.54, 1.807) is 11.8 Å². The van der Waals surface area contributed by atoms with Crippen LogP contribution in [-0.2, 0) is 14.3 Å². The molecular formula is C14H25N3O3. The third-order valence-corrected chi connectivity index (χ3v) is 4.44. The molecule has 2 aliphatic heterocycles. The summed E-state index contributed by atoms with van der Waals surface area (Å²) in [5.74, 6) is -0.0158. The first-order valence-corrected chi connectivity index (χ1v) is 7.47. The smallest absolute Gasteiger partial charge is 0.245 e. The Bertz CT molecular complexity index is 361. The molecule has 2 amide bonds. The van der Waals surface area contributed by atoms with E-state index >= 15 is 0 Å². The fourth-order valence-corrected chi connectivity index (χ4v) is 2.87. The molecule has 0 aliphatic carbocycles. The fraction of sp³-hybridized carbons (Fsp3) is 0.857. The van der Waals surface area contributed by atoms with Gasteiger partial charge in [-0.05, 0) is 26.3 Å². The zero-order valence-electron chi connectivity index (χ0n) is 12.4. The molecule has 0 spiro atoms. The topological polar surface area (TPSA) is 70.7 Å². The third-order valence-electron chi connectivity index (χ3n) is 4.44. The van der Waals surface area contributed by atoms with E-state index in [0.29, 0.717) is 32.8 Å². The molecule has 114 valence electrons. The number of hydrogen-bond acceptors (Lipinski definition) is 4. The van der Waals surface area contributed by atoms with Gasteiger partial charge in [0.15, 0.2) is 0 Å². The first-order chi connectivity index (χ1) is 9.59. The zero-order valence-corrected chi connectivity index (χ0v) is 12.4. The van der Waals surface area contributed by atoms with Crippen molar-refractivity contribution in [1.82, 2.24) is 15.5 Å². The molecule has 2 aliphatic rings. The van der Waals surface area contributed by atoms with Gasteiger partial charge in [0, 0.05) is 19.6 Å². The minimum atomic E-state index is -0.468. The summed E-state index contributed by atoms with van der Waals surface area (Å²) >= 11 is 0. The molecule has 0 aromatic carbocycles. The zero-order chi connectivity index (χ0) is 14.6. The number of morpholine rings is 1. The Labute approximate surface area is 120 Å². The van der Waals surface area contributed by atoms with E-state index in [1.165, 1.54) is 0 Å². The monoisotopic (exact) mass is 283 g/mol. The lowest BCUT2D eigenvalue weighted by Crippen LogP contribution is -2.53. The number of nitrogens with one attached hydrogen (secondary N) is 2. The highest BCUT2D eigenvalue weighted by atomic mass is 16.5. The quantitative estimate of drug-likeness (QED) is 0.746. The Hall–Kier alpha value is -1.14. The maximum absolute atomic E-state index is 12.4. The van der Waals surface area contributed by atoms with Crippen LogP contribution in [0.1, 0.15) is 26.7 Å². The average Bonchev–Trinajstić information content (AvgIpc) is 2.97. The fourth-order valence-electron chi connectivity index (χ4n) is 2.87. The molecule has 6 heteroatoms. The molecule has 0 bridgehead atoms. The van der Waals surface area contributed by atoms with Crippen LogP contribution in [0.2, 0.25) is 0 Å². The highest BCUT2D eigenvalue weighted by Crippen LogP contribution is 2.29. The van der Waals surface area contributed by atoms with Crippen molar-refractivity contribution in [3.8, 4) is 0 Å². The SMILES string of the molecule is CCC1(C(=O)NC(C)C(=O)N2CCOCC2)CCNC1. The van der Waals surface area contributed by atoms with Crippen molar-refractivity contribution in [3.05, 3.63) is 0 Å². The molecule has 20 heavy (non-hydrogen) atoms. The molecule has 0 aromatic rings. The molecule has 6 nitrogen and oxygen atoms in total. The summed E-state index contributed by atoms with van der Waals surface area (Å²) in [6, 6.07) is -0.468. The molecule has 2 heterocycles. The first kappa shape index (κ1) is 15.3. The van der Waals surface area contributed by atoms with Crippen LogP contribution in [0.5, 0.6) is 0 Å². The van der Waals surface area contributed by atoms with Crippen LogP contribution in [0.3, 0.4) is 0 Å². The molecule has 2 fully saturated rings. The van der Waals surface area contributed by atoms with Crippen LogP contribution in [0, 0.1) is 5.41 Å². The van der Waals surface area contributed by atoms with Crippen molar-refractivity contribution in [2.75, 3.05) is 39.4 Å².